The first-order chi connectivity index (χ1) is 32.7. The van der Waals surface area contributed by atoms with Crippen molar-refractivity contribution in [3.63, 3.8) is 0 Å². The van der Waals surface area contributed by atoms with Gasteiger partial charge >= 0.3 is 0 Å². The van der Waals surface area contributed by atoms with Crippen LogP contribution in [0, 0.1) is 38.8 Å². The quantitative estimate of drug-likeness (QED) is 0.107. The molecule has 0 saturated heterocycles. The smallest absolute Gasteiger partial charge is 0.120 e. The molecule has 0 aliphatic carbocycles. The summed E-state index contributed by atoms with van der Waals surface area (Å²) in [6.07, 6.45) is 0.328. The number of pyridine rings is 1. The van der Waals surface area contributed by atoms with Gasteiger partial charge < -0.3 is 14.0 Å². The summed E-state index contributed by atoms with van der Waals surface area (Å²) < 4.78 is 67.1. The van der Waals surface area contributed by atoms with Crippen LogP contribution in [0.5, 0.6) is 0 Å². The third-order valence-corrected chi connectivity index (χ3v) is 13.5. The van der Waals surface area contributed by atoms with Crippen molar-refractivity contribution in [2.24, 2.45) is 5.92 Å². The fraction of sp³-hybridized carbons (Fsp3) is 0.276. The molecule has 329 valence electrons. The predicted octanol–water partition coefficient (Wildman–Crippen LogP) is 15.5. The second-order valence-corrected chi connectivity index (χ2v) is 23.4. The molecule has 0 fully saturated rings. The minimum atomic E-state index is -2.16. The van der Waals surface area contributed by atoms with Gasteiger partial charge in [0, 0.05) is 47.0 Å². The number of imidazole rings is 1. The SMILES string of the molecule is [2H]C(C)(C)c1cc(-c2ccccc2)cc(C([2H])(C)C)c1-n1c(-c2[c-]cc(C)c3c2oc2ccc(C)cc23)nc2ccccc21.[2H]C([2H])([2H])c1c[c-]c(-c2cc(C([2H])([2H])C(C)C)c([Si](C)(C)C)cn2)cc1.[Ir]. The molecule has 0 atom stereocenters. The van der Waals surface area contributed by atoms with Gasteiger partial charge in [-0.15, -0.1) is 53.1 Å². The summed E-state index contributed by atoms with van der Waals surface area (Å²) in [6.45, 7) is 20.0. The number of furan rings is 1. The average molecular weight is 1040 g/mol. The van der Waals surface area contributed by atoms with E-state index in [1.165, 1.54) is 11.6 Å². The molecule has 0 amide bonds. The maximum atomic E-state index is 9.39. The van der Waals surface area contributed by atoms with Crippen LogP contribution in [0.4, 0.5) is 0 Å². The van der Waals surface area contributed by atoms with Crippen LogP contribution in [0.2, 0.25) is 19.6 Å². The fourth-order valence-corrected chi connectivity index (χ4v) is 9.74. The zero-order valence-corrected chi connectivity index (χ0v) is 42.1. The number of aromatic nitrogens is 3. The summed E-state index contributed by atoms with van der Waals surface area (Å²) in [5.74, 6) is -1.46. The first-order valence-corrected chi connectivity index (χ1v) is 25.3. The van der Waals surface area contributed by atoms with E-state index in [1.807, 2.05) is 96.1 Å². The van der Waals surface area contributed by atoms with Crippen molar-refractivity contribution in [1.82, 2.24) is 14.5 Å². The number of rotatable bonds is 9. The molecule has 1 radical (unpaired) electrons. The molecule has 0 unspecified atom stereocenters. The van der Waals surface area contributed by atoms with Crippen LogP contribution < -0.4 is 5.19 Å². The molecule has 6 heteroatoms. The van der Waals surface area contributed by atoms with Gasteiger partial charge in [0.25, 0.3) is 0 Å². The van der Waals surface area contributed by atoms with Gasteiger partial charge in [0.05, 0.1) is 30.5 Å². The Morgan fingerprint density at radius 1 is 0.781 bits per heavy atom. The van der Waals surface area contributed by atoms with Crippen LogP contribution in [-0.2, 0) is 26.5 Å². The number of para-hydroxylation sites is 2. The molecule has 0 aliphatic heterocycles. The number of hydrogen-bond acceptors (Lipinski definition) is 3. The van der Waals surface area contributed by atoms with Crippen molar-refractivity contribution in [1.29, 1.82) is 0 Å². The molecule has 0 aliphatic rings. The first-order valence-electron chi connectivity index (χ1n) is 25.3. The number of aryl methyl sites for hydroxylation is 3. The van der Waals surface area contributed by atoms with Gasteiger partial charge in [0.15, 0.2) is 0 Å². The molecule has 9 aromatic rings. The summed E-state index contributed by atoms with van der Waals surface area (Å²) in [4.78, 5) is 9.74. The number of fused-ring (bicyclic) bond motifs is 4. The fourth-order valence-electron chi connectivity index (χ4n) is 8.33. The molecule has 0 saturated carbocycles. The predicted molar refractivity (Wildman–Crippen MR) is 270 cm³/mol. The van der Waals surface area contributed by atoms with E-state index in [2.05, 4.69) is 97.6 Å². The van der Waals surface area contributed by atoms with Crippen LogP contribution in [0.15, 0.2) is 126 Å². The minimum absolute atomic E-state index is 0. The molecular formula is C58H61IrN3OSi-2. The van der Waals surface area contributed by atoms with Crippen molar-refractivity contribution in [2.45, 2.75) is 100 Å². The van der Waals surface area contributed by atoms with Crippen molar-refractivity contribution in [3.8, 4) is 39.5 Å². The Kier molecular flexibility index (Phi) is 11.3. The van der Waals surface area contributed by atoms with E-state index < -0.39 is 33.1 Å². The molecule has 0 bridgehead atoms. The summed E-state index contributed by atoms with van der Waals surface area (Å²) in [5.41, 5.74) is 13.0. The zero-order valence-electron chi connectivity index (χ0n) is 45.7. The van der Waals surface area contributed by atoms with E-state index in [0.29, 0.717) is 22.6 Å². The van der Waals surface area contributed by atoms with Crippen LogP contribution in [0.3, 0.4) is 0 Å². The monoisotopic (exact) mass is 1040 g/mol. The van der Waals surface area contributed by atoms with Gasteiger partial charge in [-0.1, -0.05) is 152 Å². The molecule has 0 N–H and O–H groups in total. The second-order valence-electron chi connectivity index (χ2n) is 18.4. The molecule has 6 aromatic carbocycles. The summed E-state index contributed by atoms with van der Waals surface area (Å²) in [5, 5.41) is 3.14. The van der Waals surface area contributed by atoms with Crippen LogP contribution in [0.25, 0.3) is 72.4 Å². The van der Waals surface area contributed by atoms with Crippen LogP contribution in [-0.4, -0.2) is 22.6 Å². The topological polar surface area (TPSA) is 43.9 Å². The normalized spacial score (nSPS) is 14.2. The maximum Gasteiger partial charge on any atom is 0.120 e. The second kappa shape index (κ2) is 19.0. The van der Waals surface area contributed by atoms with Gasteiger partial charge in [-0.3, -0.25) is 4.98 Å². The van der Waals surface area contributed by atoms with E-state index in [-0.39, 0.29) is 31.6 Å². The Balaban J connectivity index is 0.000000236. The van der Waals surface area contributed by atoms with E-state index in [1.54, 1.807) is 18.3 Å². The zero-order chi connectivity index (χ0) is 50.9. The molecular weight excluding hydrogens is 975 g/mol. The largest absolute Gasteiger partial charge is 0.501 e. The summed E-state index contributed by atoms with van der Waals surface area (Å²) >= 11 is 0. The Morgan fingerprint density at radius 3 is 2.11 bits per heavy atom. The molecule has 3 heterocycles. The molecule has 0 spiro atoms. The number of hydrogen-bond donors (Lipinski definition) is 0. The maximum absolute atomic E-state index is 9.39. The van der Waals surface area contributed by atoms with Crippen LogP contribution in [0.1, 0.15) is 96.3 Å². The van der Waals surface area contributed by atoms with E-state index in [4.69, 9.17) is 16.3 Å². The molecule has 64 heavy (non-hydrogen) atoms. The third kappa shape index (κ3) is 9.38. The third-order valence-electron chi connectivity index (χ3n) is 11.4. The van der Waals surface area contributed by atoms with Crippen molar-refractivity contribution in [2.75, 3.05) is 0 Å². The van der Waals surface area contributed by atoms with Crippen molar-refractivity contribution >= 4 is 46.2 Å². The van der Waals surface area contributed by atoms with Gasteiger partial charge in [-0.25, -0.2) is 0 Å². The molecule has 4 nitrogen and oxygen atoms in total. The molecule has 3 aromatic heterocycles. The van der Waals surface area contributed by atoms with E-state index in [9.17, 15) is 2.74 Å². The Labute approximate surface area is 405 Å². The van der Waals surface area contributed by atoms with Gasteiger partial charge in [0.1, 0.15) is 5.58 Å². The Bertz CT molecular complexity index is 3360. The minimum Gasteiger partial charge on any atom is -0.501 e. The first kappa shape index (κ1) is 37.9. The molecule has 9 rings (SSSR count). The Hall–Kier alpha value is -5.39. The Morgan fingerprint density at radius 2 is 1.47 bits per heavy atom. The van der Waals surface area contributed by atoms with Gasteiger partial charge in [0.2, 0.25) is 0 Å². The summed E-state index contributed by atoms with van der Waals surface area (Å²) in [7, 11) is -1.78. The van der Waals surface area contributed by atoms with Crippen LogP contribution >= 0.6 is 0 Å². The van der Waals surface area contributed by atoms with Crippen molar-refractivity contribution in [3.05, 3.63) is 167 Å². The van der Waals surface area contributed by atoms with E-state index in [0.717, 1.165) is 77.2 Å². The average Bonchev–Trinajstić information content (AvgIpc) is 3.87. The van der Waals surface area contributed by atoms with Gasteiger partial charge in [-0.2, -0.15) is 0 Å². The van der Waals surface area contributed by atoms with E-state index >= 15 is 0 Å². The number of nitrogens with zero attached hydrogens (tertiary/aromatic N) is 3. The summed E-state index contributed by atoms with van der Waals surface area (Å²) in [6, 6.07) is 43.8. The van der Waals surface area contributed by atoms with Crippen molar-refractivity contribution < 1.29 is 34.1 Å². The van der Waals surface area contributed by atoms with Gasteiger partial charge in [-0.05, 0) is 101 Å². The number of benzene rings is 6. The standard InChI is InChI=1S/C39H35N2O.C19H26NSi.Ir/c1-23(2)30-21-28(27-12-8-7-9-13-27)22-31(24(3)4)37(30)41-34-15-11-10-14-33(34)40-39(41)29-18-17-26(6)36-32-20-25(5)16-19-35(32)42-38(29)36;1-14(2)11-17-12-18(16-9-7-15(3)8-10-16)20-13-19(17)21(4,5)6;/h7-17,19-24H,1-6H3;7-9,12-14H,11H2,1-6H3;/q2*-1;/i23D,24D;3D3,11D2;.